The molecule has 12 heteroatoms. The van der Waals surface area contributed by atoms with Crippen LogP contribution >= 0.6 is 128 Å². The quantitative estimate of drug-likeness (QED) is 0.418. The zero-order valence-electron chi connectivity index (χ0n) is 7.07. The standard InChI is InChI=1S/C5Cl11O/c6-1(3(9,10)11,5(15,16)17)2(7,8)4(12,13)14. The molecular formula is C5Cl11O. The van der Waals surface area contributed by atoms with E-state index in [0.717, 1.165) is 0 Å². The van der Waals surface area contributed by atoms with Gasteiger partial charge in [0.15, 0.2) is 9.21 Å². The summed E-state index contributed by atoms with van der Waals surface area (Å²) in [6.45, 7) is 0. The fourth-order valence-corrected chi connectivity index (χ4v) is 4.15. The molecule has 1 atom stereocenters. The predicted octanol–water partition coefficient (Wildman–Crippen LogP) is 6.44. The van der Waals surface area contributed by atoms with Gasteiger partial charge in [-0.3, -0.25) is 0 Å². The van der Waals surface area contributed by atoms with Crippen LogP contribution in [0.4, 0.5) is 0 Å². The van der Waals surface area contributed by atoms with Gasteiger partial charge in [0.1, 0.15) is 0 Å². The van der Waals surface area contributed by atoms with Crippen LogP contribution in [-0.4, -0.2) is 21.3 Å². The van der Waals surface area contributed by atoms with Crippen LogP contribution in [0.1, 0.15) is 0 Å². The highest BCUT2D eigenvalue weighted by Gasteiger charge is 2.77. The fourth-order valence-electron chi connectivity index (χ4n) is 0.721. The minimum absolute atomic E-state index is 2.51. The van der Waals surface area contributed by atoms with Gasteiger partial charge in [0.2, 0.25) is 7.59 Å². The van der Waals surface area contributed by atoms with Crippen LogP contribution in [0.15, 0.2) is 0 Å². The number of rotatable bonds is 2. The highest BCUT2D eigenvalue weighted by Crippen LogP contribution is 2.66. The summed E-state index contributed by atoms with van der Waals surface area (Å²) in [4.78, 5) is -2.87. The molecule has 0 aromatic rings. The molecule has 0 saturated heterocycles. The van der Waals surface area contributed by atoms with Gasteiger partial charge in [0, 0.05) is 0 Å². The molecule has 0 aliphatic heterocycles. The van der Waals surface area contributed by atoms with Gasteiger partial charge in [-0.05, 0) is 0 Å². The molecule has 1 nitrogen and oxygen atoms in total. The Morgan fingerprint density at radius 3 is 0.882 bits per heavy atom. The lowest BCUT2D eigenvalue weighted by molar-refractivity contribution is 0.0748. The maximum absolute atomic E-state index is 11.7. The van der Waals surface area contributed by atoms with E-state index in [4.69, 9.17) is 128 Å². The number of halogens is 11. The van der Waals surface area contributed by atoms with Gasteiger partial charge in [-0.2, -0.15) is 5.11 Å². The van der Waals surface area contributed by atoms with Crippen LogP contribution in [0.25, 0.3) is 0 Å². The lowest BCUT2D eigenvalue weighted by Gasteiger charge is -2.47. The Hall–Kier alpha value is 3.15. The fraction of sp³-hybridized carbons (Fsp3) is 1.00. The first kappa shape index (κ1) is 20.1. The van der Waals surface area contributed by atoms with Crippen molar-refractivity contribution in [3.05, 3.63) is 0 Å². The zero-order chi connectivity index (χ0) is 14.5. The molecule has 0 bridgehead atoms. The predicted molar refractivity (Wildman–Crippen MR) is 78.7 cm³/mol. The summed E-state index contributed by atoms with van der Waals surface area (Å²) in [5, 5.41) is 11.7. The Labute approximate surface area is 152 Å². The molecule has 0 aromatic heterocycles. The van der Waals surface area contributed by atoms with Gasteiger partial charge in [0.05, 0.1) is 0 Å². The third-order valence-electron chi connectivity index (χ3n) is 1.58. The maximum Gasteiger partial charge on any atom is 0.276 e. The number of hydrogen-bond donors (Lipinski definition) is 0. The normalized spacial score (nSPS) is 19.1. The Morgan fingerprint density at radius 2 is 0.824 bits per heavy atom. The molecule has 17 heavy (non-hydrogen) atoms. The van der Waals surface area contributed by atoms with Crippen LogP contribution < -0.4 is 0 Å². The van der Waals surface area contributed by atoms with Crippen molar-refractivity contribution >= 4 is 128 Å². The van der Waals surface area contributed by atoms with Crippen molar-refractivity contribution in [1.82, 2.24) is 0 Å². The summed E-state index contributed by atoms with van der Waals surface area (Å²) in [7, 11) is 0. The van der Waals surface area contributed by atoms with Crippen molar-refractivity contribution in [2.45, 2.75) is 21.3 Å². The van der Waals surface area contributed by atoms with Gasteiger partial charge in [0.25, 0.3) is 4.52 Å². The summed E-state index contributed by atoms with van der Waals surface area (Å²) >= 11 is 60.7. The van der Waals surface area contributed by atoms with Crippen molar-refractivity contribution in [3.8, 4) is 0 Å². The van der Waals surface area contributed by atoms with Gasteiger partial charge in [-0.1, -0.05) is 116 Å². The van der Waals surface area contributed by atoms with Crippen LogP contribution in [0.2, 0.25) is 0 Å². The molecule has 0 amide bonds. The average Bonchev–Trinajstić information content (AvgIpc) is 1.95. The lowest BCUT2D eigenvalue weighted by Crippen LogP contribution is -2.66. The summed E-state index contributed by atoms with van der Waals surface area (Å²) in [6.07, 6.45) is 0. The van der Waals surface area contributed by atoms with Gasteiger partial charge < -0.3 is 0 Å². The Kier molecular flexibility index (Phi) is 6.80. The maximum atomic E-state index is 11.7. The lowest BCUT2D eigenvalue weighted by atomic mass is 10.1. The van der Waals surface area contributed by atoms with Crippen LogP contribution in [0.3, 0.4) is 0 Å². The third-order valence-corrected chi connectivity index (χ3v) is 7.07. The van der Waals surface area contributed by atoms with E-state index in [-0.39, 0.29) is 0 Å². The minimum atomic E-state index is -3.17. The van der Waals surface area contributed by atoms with Crippen molar-refractivity contribution in [3.63, 3.8) is 0 Å². The van der Waals surface area contributed by atoms with Crippen molar-refractivity contribution < 1.29 is 5.11 Å². The third kappa shape index (κ3) is 3.67. The van der Waals surface area contributed by atoms with Gasteiger partial charge >= 0.3 is 0 Å². The largest absolute Gasteiger partial charge is 0.276 e. The second kappa shape index (κ2) is 5.74. The highest BCUT2D eigenvalue weighted by molar-refractivity contribution is 6.80. The summed E-state index contributed by atoms with van der Waals surface area (Å²) in [5.41, 5.74) is 0. The van der Waals surface area contributed by atoms with E-state index in [9.17, 15) is 5.11 Å². The van der Waals surface area contributed by atoms with E-state index in [1.54, 1.807) is 0 Å². The topological polar surface area (TPSA) is 19.9 Å². The molecule has 0 saturated carbocycles. The van der Waals surface area contributed by atoms with E-state index >= 15 is 0 Å². The number of hydrogen-bond acceptors (Lipinski definition) is 0. The molecule has 0 aliphatic carbocycles. The van der Waals surface area contributed by atoms with Crippen LogP contribution in [-0.2, 0) is 5.11 Å². The van der Waals surface area contributed by atoms with E-state index < -0.39 is 21.3 Å². The molecule has 103 valence electrons. The zero-order valence-corrected chi connectivity index (χ0v) is 15.4. The average molecular weight is 466 g/mol. The van der Waals surface area contributed by atoms with Crippen molar-refractivity contribution in [2.75, 3.05) is 0 Å². The second-order valence-corrected chi connectivity index (χ2v) is 10.5. The second-order valence-electron chi connectivity index (χ2n) is 2.75. The van der Waals surface area contributed by atoms with Crippen LogP contribution in [0, 0.1) is 0 Å². The Morgan fingerprint density at radius 1 is 0.529 bits per heavy atom. The molecular weight excluding hydrogens is 466 g/mol. The Balaban J connectivity index is 6.04. The molecule has 0 heterocycles. The van der Waals surface area contributed by atoms with E-state index in [1.807, 2.05) is 0 Å². The molecule has 1 unspecified atom stereocenters. The molecule has 0 N–H and O–H groups in total. The first-order valence-electron chi connectivity index (χ1n) is 3.28. The highest BCUT2D eigenvalue weighted by atomic mass is 35.6. The Bertz CT molecular complexity index is 266. The first-order valence-corrected chi connectivity index (χ1v) is 7.44. The molecule has 0 aromatic carbocycles. The summed E-state index contributed by atoms with van der Waals surface area (Å²) in [5.74, 6) is 0. The van der Waals surface area contributed by atoms with E-state index in [1.165, 1.54) is 0 Å². The molecule has 0 rings (SSSR count). The molecule has 0 spiro atoms. The van der Waals surface area contributed by atoms with Gasteiger partial charge in [-0.25, -0.2) is 0 Å². The molecule has 1 radical (unpaired) electrons. The molecule has 0 aliphatic rings. The first-order chi connectivity index (χ1) is 7.00. The smallest absolute Gasteiger partial charge is 0.191 e. The molecule has 0 fully saturated rings. The minimum Gasteiger partial charge on any atom is -0.191 e. The van der Waals surface area contributed by atoms with Crippen molar-refractivity contribution in [2.24, 2.45) is 0 Å². The van der Waals surface area contributed by atoms with Crippen molar-refractivity contribution in [1.29, 1.82) is 0 Å². The van der Waals surface area contributed by atoms with E-state index in [0.29, 0.717) is 0 Å². The van der Waals surface area contributed by atoms with E-state index in [2.05, 4.69) is 0 Å². The summed E-state index contributed by atoms with van der Waals surface area (Å²) in [6, 6.07) is 0. The van der Waals surface area contributed by atoms with Crippen LogP contribution in [0.5, 0.6) is 0 Å². The SMILES string of the molecule is [O]C(Cl)(Cl)C(Cl)(C(Cl)(Cl)Cl)C(Cl)(Cl)C(Cl)(Cl)Cl. The van der Waals surface area contributed by atoms with Gasteiger partial charge in [-0.15, -0.1) is 11.6 Å². The number of alkyl halides is 11. The summed E-state index contributed by atoms with van der Waals surface area (Å²) < 4.78 is -11.0. The monoisotopic (exact) mass is 461 g/mol.